The lowest BCUT2D eigenvalue weighted by Crippen LogP contribution is -2.29. The number of nitrogens with one attached hydrogen (secondary N) is 1. The van der Waals surface area contributed by atoms with Gasteiger partial charge in [-0.1, -0.05) is 42.6 Å². The minimum atomic E-state index is -0.0756. The molecule has 0 unspecified atom stereocenters. The van der Waals surface area contributed by atoms with Crippen molar-refractivity contribution in [3.05, 3.63) is 30.5 Å². The molecular weight excluding hydrogens is 458 g/mol. The predicted octanol–water partition coefficient (Wildman–Crippen LogP) is 3.59. The fourth-order valence-corrected chi connectivity index (χ4v) is 5.07. The van der Waals surface area contributed by atoms with Crippen LogP contribution in [0.1, 0.15) is 19.8 Å². The highest BCUT2D eigenvalue weighted by atomic mass is 32.2. The Hall–Kier alpha value is -2.79. The van der Waals surface area contributed by atoms with Gasteiger partial charge in [-0.2, -0.15) is 5.10 Å². The number of carbonyl (C=O) groups is 1. The van der Waals surface area contributed by atoms with Crippen LogP contribution in [0.4, 0.5) is 5.82 Å². The van der Waals surface area contributed by atoms with E-state index in [-0.39, 0.29) is 11.7 Å². The third kappa shape index (κ3) is 4.93. The number of thioether (sulfide) groups is 2. The molecule has 0 atom stereocenters. The number of para-hydroxylation sites is 2. The summed E-state index contributed by atoms with van der Waals surface area (Å²) in [5.74, 6) is 2.05. The molecule has 0 radical (unpaired) electrons. The first-order valence-electron chi connectivity index (χ1n) is 11.1. The SMILES string of the molecule is CCSc1nc(N2CCCC2)c2cnn(CCNC(=O)CSc3nc4ccccc4o3)c2n1. The molecule has 11 heteroatoms. The number of oxazole rings is 1. The second-order valence-corrected chi connectivity index (χ2v) is 9.81. The summed E-state index contributed by atoms with van der Waals surface area (Å²) >= 11 is 2.92. The summed E-state index contributed by atoms with van der Waals surface area (Å²) in [4.78, 5) is 28.6. The maximum Gasteiger partial charge on any atom is 0.257 e. The van der Waals surface area contributed by atoms with Crippen molar-refractivity contribution in [3.8, 4) is 0 Å². The fraction of sp³-hybridized carbons (Fsp3) is 0.409. The van der Waals surface area contributed by atoms with Gasteiger partial charge >= 0.3 is 0 Å². The Morgan fingerprint density at radius 1 is 1.15 bits per heavy atom. The van der Waals surface area contributed by atoms with Crippen molar-refractivity contribution >= 4 is 57.4 Å². The first-order valence-corrected chi connectivity index (χ1v) is 13.0. The van der Waals surface area contributed by atoms with Crippen LogP contribution in [0.3, 0.4) is 0 Å². The lowest BCUT2D eigenvalue weighted by Gasteiger charge is -2.17. The largest absolute Gasteiger partial charge is 0.431 e. The number of anilines is 1. The zero-order valence-electron chi connectivity index (χ0n) is 18.4. The third-order valence-electron chi connectivity index (χ3n) is 5.38. The number of hydrogen-bond donors (Lipinski definition) is 1. The van der Waals surface area contributed by atoms with Crippen LogP contribution in [-0.2, 0) is 11.3 Å². The van der Waals surface area contributed by atoms with Crippen LogP contribution in [0.15, 0.2) is 45.3 Å². The first kappa shape index (κ1) is 22.0. The standard InChI is InChI=1S/C22H25N7O2S2/c1-2-32-21-26-19(28-10-5-6-11-28)15-13-24-29(20(15)27-21)12-9-23-18(30)14-33-22-25-16-7-3-4-8-17(16)31-22/h3-4,7-8,13H,2,5-6,9-12,14H2,1H3,(H,23,30). The Morgan fingerprint density at radius 2 is 2.00 bits per heavy atom. The summed E-state index contributed by atoms with van der Waals surface area (Å²) < 4.78 is 7.50. The normalized spacial score (nSPS) is 13.9. The summed E-state index contributed by atoms with van der Waals surface area (Å²) in [5, 5.41) is 9.73. The smallest absolute Gasteiger partial charge is 0.257 e. The Balaban J connectivity index is 1.21. The second-order valence-electron chi connectivity index (χ2n) is 7.65. The predicted molar refractivity (Wildman–Crippen MR) is 131 cm³/mol. The molecule has 33 heavy (non-hydrogen) atoms. The van der Waals surface area contributed by atoms with Gasteiger partial charge < -0.3 is 14.6 Å². The van der Waals surface area contributed by atoms with Crippen LogP contribution in [0.2, 0.25) is 0 Å². The van der Waals surface area contributed by atoms with E-state index in [1.54, 1.807) is 11.8 Å². The molecule has 1 saturated heterocycles. The van der Waals surface area contributed by atoms with Gasteiger partial charge in [0.25, 0.3) is 5.22 Å². The second kappa shape index (κ2) is 10.0. The van der Waals surface area contributed by atoms with E-state index in [2.05, 4.69) is 27.2 Å². The zero-order chi connectivity index (χ0) is 22.6. The summed E-state index contributed by atoms with van der Waals surface area (Å²) in [7, 11) is 0. The number of amides is 1. The average molecular weight is 484 g/mol. The highest BCUT2D eigenvalue weighted by Gasteiger charge is 2.20. The van der Waals surface area contributed by atoms with Gasteiger partial charge in [0, 0.05) is 19.6 Å². The van der Waals surface area contributed by atoms with Crippen molar-refractivity contribution in [2.45, 2.75) is 36.7 Å². The van der Waals surface area contributed by atoms with E-state index < -0.39 is 0 Å². The van der Waals surface area contributed by atoms with Gasteiger partial charge in [-0.05, 0) is 30.7 Å². The van der Waals surface area contributed by atoms with Crippen LogP contribution in [0, 0.1) is 0 Å². The topological polar surface area (TPSA) is 102 Å². The van der Waals surface area contributed by atoms with Gasteiger partial charge in [-0.3, -0.25) is 4.79 Å². The summed E-state index contributed by atoms with van der Waals surface area (Å²) in [6.45, 7) is 5.13. The Bertz CT molecular complexity index is 1230. The van der Waals surface area contributed by atoms with Crippen LogP contribution < -0.4 is 10.2 Å². The maximum absolute atomic E-state index is 12.3. The molecule has 3 aromatic heterocycles. The van der Waals surface area contributed by atoms with E-state index in [0.717, 1.165) is 51.9 Å². The molecule has 5 rings (SSSR count). The van der Waals surface area contributed by atoms with Crippen molar-refractivity contribution in [1.82, 2.24) is 30.0 Å². The molecule has 1 aliphatic rings. The molecule has 172 valence electrons. The number of nitrogens with zero attached hydrogens (tertiary/aromatic N) is 6. The van der Waals surface area contributed by atoms with Gasteiger partial charge in [0.2, 0.25) is 5.91 Å². The van der Waals surface area contributed by atoms with Gasteiger partial charge in [0.05, 0.1) is 23.9 Å². The maximum atomic E-state index is 12.3. The number of benzene rings is 1. The molecule has 9 nitrogen and oxygen atoms in total. The molecule has 0 saturated carbocycles. The summed E-state index contributed by atoms with van der Waals surface area (Å²) in [6, 6.07) is 7.56. The monoisotopic (exact) mass is 483 g/mol. The van der Waals surface area contributed by atoms with Crippen LogP contribution in [0.25, 0.3) is 22.1 Å². The molecule has 1 N–H and O–H groups in total. The lowest BCUT2D eigenvalue weighted by molar-refractivity contribution is -0.118. The van der Waals surface area contributed by atoms with Gasteiger partial charge in [0.15, 0.2) is 16.4 Å². The Labute approximate surface area is 199 Å². The number of aromatic nitrogens is 5. The molecule has 0 aliphatic carbocycles. The Morgan fingerprint density at radius 3 is 2.82 bits per heavy atom. The zero-order valence-corrected chi connectivity index (χ0v) is 20.0. The fourth-order valence-electron chi connectivity index (χ4n) is 3.84. The highest BCUT2D eigenvalue weighted by Crippen LogP contribution is 2.29. The van der Waals surface area contributed by atoms with E-state index in [9.17, 15) is 4.79 Å². The van der Waals surface area contributed by atoms with E-state index in [1.807, 2.05) is 35.1 Å². The molecule has 4 heterocycles. The molecule has 1 aromatic carbocycles. The minimum Gasteiger partial charge on any atom is -0.431 e. The first-order chi connectivity index (χ1) is 16.2. The van der Waals surface area contributed by atoms with Crippen molar-refractivity contribution in [3.63, 3.8) is 0 Å². The molecule has 1 amide bonds. The third-order valence-corrected chi connectivity index (χ3v) is 6.94. The summed E-state index contributed by atoms with van der Waals surface area (Å²) in [5.41, 5.74) is 2.33. The van der Waals surface area contributed by atoms with Crippen molar-refractivity contribution in [1.29, 1.82) is 0 Å². The lowest BCUT2D eigenvalue weighted by atomic mass is 10.3. The molecule has 1 aliphatic heterocycles. The van der Waals surface area contributed by atoms with E-state index in [0.29, 0.717) is 18.3 Å². The van der Waals surface area contributed by atoms with E-state index in [1.165, 1.54) is 24.6 Å². The van der Waals surface area contributed by atoms with Crippen molar-refractivity contribution in [2.75, 3.05) is 36.0 Å². The van der Waals surface area contributed by atoms with Crippen molar-refractivity contribution < 1.29 is 9.21 Å². The van der Waals surface area contributed by atoms with E-state index >= 15 is 0 Å². The molecule has 1 fully saturated rings. The molecule has 0 bridgehead atoms. The van der Waals surface area contributed by atoms with Crippen LogP contribution in [0.5, 0.6) is 0 Å². The molecular formula is C22H25N7O2S2. The minimum absolute atomic E-state index is 0.0756. The number of hydrogen-bond acceptors (Lipinski definition) is 9. The number of carbonyl (C=O) groups excluding carboxylic acids is 1. The average Bonchev–Trinajstić information content (AvgIpc) is 3.57. The van der Waals surface area contributed by atoms with Crippen LogP contribution in [-0.4, -0.2) is 61.8 Å². The molecule has 4 aromatic rings. The van der Waals surface area contributed by atoms with Crippen molar-refractivity contribution in [2.24, 2.45) is 0 Å². The Kier molecular flexibility index (Phi) is 6.68. The molecule has 0 spiro atoms. The number of rotatable bonds is 9. The van der Waals surface area contributed by atoms with E-state index in [4.69, 9.17) is 14.4 Å². The summed E-state index contributed by atoms with van der Waals surface area (Å²) in [6.07, 6.45) is 4.21. The van der Waals surface area contributed by atoms with Gasteiger partial charge in [-0.25, -0.2) is 19.6 Å². The van der Waals surface area contributed by atoms with Gasteiger partial charge in [0.1, 0.15) is 11.3 Å². The quantitative estimate of drug-likeness (QED) is 0.283. The highest BCUT2D eigenvalue weighted by molar-refractivity contribution is 7.99. The van der Waals surface area contributed by atoms with Crippen LogP contribution >= 0.6 is 23.5 Å². The number of fused-ring (bicyclic) bond motifs is 2. The van der Waals surface area contributed by atoms with Gasteiger partial charge in [-0.15, -0.1) is 0 Å².